The van der Waals surface area contributed by atoms with Crippen molar-refractivity contribution in [1.29, 1.82) is 0 Å². The van der Waals surface area contributed by atoms with E-state index >= 15 is 0 Å². The van der Waals surface area contributed by atoms with Crippen LogP contribution in [0.3, 0.4) is 0 Å². The van der Waals surface area contributed by atoms with E-state index in [9.17, 15) is 0 Å². The van der Waals surface area contributed by atoms with Gasteiger partial charge in [-0.15, -0.1) is 11.3 Å². The lowest BCUT2D eigenvalue weighted by Gasteiger charge is -2.20. The van der Waals surface area contributed by atoms with Crippen LogP contribution in [0, 0.1) is 0 Å². The van der Waals surface area contributed by atoms with Gasteiger partial charge in [-0.2, -0.15) is 4.98 Å². The first kappa shape index (κ1) is 17.3. The number of nitrogens with zero attached hydrogens (tertiary/aromatic N) is 4. The number of hydrogen-bond donors (Lipinski definition) is 2. The Kier molecular flexibility index (Phi) is 4.54. The summed E-state index contributed by atoms with van der Waals surface area (Å²) in [6.07, 6.45) is 4.37. The van der Waals surface area contributed by atoms with Gasteiger partial charge in [0.05, 0.1) is 15.9 Å². The maximum absolute atomic E-state index is 6.01. The molecule has 0 fully saturated rings. The van der Waals surface area contributed by atoms with E-state index in [1.165, 1.54) is 24.0 Å². The third-order valence-electron chi connectivity index (χ3n) is 5.26. The van der Waals surface area contributed by atoms with Crippen molar-refractivity contribution in [2.75, 3.05) is 5.32 Å². The lowest BCUT2D eigenvalue weighted by atomic mass is 9.96. The Morgan fingerprint density at radius 1 is 1.11 bits per heavy atom. The van der Waals surface area contributed by atoms with Gasteiger partial charge in [0.2, 0.25) is 5.95 Å². The molecule has 0 unspecified atom stereocenters. The molecule has 5 rings (SSSR count). The van der Waals surface area contributed by atoms with Crippen LogP contribution in [0.1, 0.15) is 35.4 Å². The molecule has 0 spiro atoms. The average molecular weight is 391 g/mol. The fourth-order valence-electron chi connectivity index (χ4n) is 3.85. The van der Waals surface area contributed by atoms with Gasteiger partial charge in [-0.3, -0.25) is 4.57 Å². The van der Waals surface area contributed by atoms with Crippen LogP contribution in [-0.4, -0.2) is 19.5 Å². The molecule has 7 heteroatoms. The summed E-state index contributed by atoms with van der Waals surface area (Å²) < 4.78 is 3.12. The summed E-state index contributed by atoms with van der Waals surface area (Å²) in [5.74, 6) is 1.60. The molecule has 0 saturated heterocycles. The number of anilines is 1. The second kappa shape index (κ2) is 7.33. The fraction of sp³-hybridized carbons (Fsp3) is 0.286. The van der Waals surface area contributed by atoms with Crippen molar-refractivity contribution in [3.8, 4) is 5.95 Å². The minimum atomic E-state index is 0.427. The first-order valence-electron chi connectivity index (χ1n) is 9.65. The molecule has 3 heterocycles. The molecule has 0 bridgehead atoms. The molecule has 6 nitrogen and oxygen atoms in total. The average Bonchev–Trinajstić information content (AvgIpc) is 3.33. The van der Waals surface area contributed by atoms with Gasteiger partial charge in [-0.1, -0.05) is 30.3 Å². The van der Waals surface area contributed by atoms with Gasteiger partial charge in [0.1, 0.15) is 5.82 Å². The standard InChI is InChI=1S/C21H22N6S/c22-11-15-10-18-20(24-13-28-18)27(15)21-25-17-9-5-4-8-16(17)19(26-21)23-12-14-6-2-1-3-7-14/h1-3,6-7,10,13H,4-5,8-9,11-12,22H2,(H,23,25,26). The lowest BCUT2D eigenvalue weighted by molar-refractivity contribution is 0.658. The van der Waals surface area contributed by atoms with E-state index < -0.39 is 0 Å². The molecule has 1 aliphatic carbocycles. The summed E-state index contributed by atoms with van der Waals surface area (Å²) in [6.45, 7) is 1.17. The fourth-order valence-corrected chi connectivity index (χ4v) is 4.57. The largest absolute Gasteiger partial charge is 0.366 e. The summed E-state index contributed by atoms with van der Waals surface area (Å²) in [5.41, 5.74) is 13.4. The van der Waals surface area contributed by atoms with Crippen LogP contribution in [-0.2, 0) is 25.9 Å². The van der Waals surface area contributed by atoms with E-state index in [1.807, 2.05) is 16.1 Å². The van der Waals surface area contributed by atoms with Gasteiger partial charge >= 0.3 is 0 Å². The molecule has 4 aromatic rings. The van der Waals surface area contributed by atoms with Crippen molar-refractivity contribution in [2.45, 2.75) is 38.8 Å². The molecule has 142 valence electrons. The molecule has 1 aliphatic rings. The Hall–Kier alpha value is -2.77. The molecule has 3 N–H and O–H groups in total. The molecular formula is C21H22N6S. The highest BCUT2D eigenvalue weighted by Crippen LogP contribution is 2.30. The molecule has 0 radical (unpaired) electrons. The van der Waals surface area contributed by atoms with E-state index in [-0.39, 0.29) is 0 Å². The number of hydrogen-bond acceptors (Lipinski definition) is 6. The summed E-state index contributed by atoms with van der Waals surface area (Å²) in [7, 11) is 0. The van der Waals surface area contributed by atoms with Crippen LogP contribution in [0.5, 0.6) is 0 Å². The van der Waals surface area contributed by atoms with E-state index in [4.69, 9.17) is 15.7 Å². The minimum absolute atomic E-state index is 0.427. The molecule has 0 aliphatic heterocycles. The van der Waals surface area contributed by atoms with Crippen LogP contribution in [0.25, 0.3) is 16.3 Å². The Bertz CT molecular complexity index is 1110. The number of thiazole rings is 1. The van der Waals surface area contributed by atoms with Crippen LogP contribution >= 0.6 is 11.3 Å². The van der Waals surface area contributed by atoms with Crippen molar-refractivity contribution < 1.29 is 0 Å². The predicted octanol–water partition coefficient (Wildman–Crippen LogP) is 3.83. The van der Waals surface area contributed by atoms with Gasteiger partial charge in [0, 0.05) is 24.3 Å². The van der Waals surface area contributed by atoms with E-state index in [1.54, 1.807) is 11.3 Å². The molecule has 0 amide bonds. The zero-order valence-corrected chi connectivity index (χ0v) is 16.4. The Balaban J connectivity index is 1.59. The molecule has 0 saturated carbocycles. The lowest BCUT2D eigenvalue weighted by Crippen LogP contribution is -2.17. The number of nitrogens with one attached hydrogen (secondary N) is 1. The van der Waals surface area contributed by atoms with Crippen molar-refractivity contribution in [3.05, 3.63) is 64.4 Å². The van der Waals surface area contributed by atoms with Crippen molar-refractivity contribution in [3.63, 3.8) is 0 Å². The molecule has 3 aromatic heterocycles. The van der Waals surface area contributed by atoms with Crippen molar-refractivity contribution in [1.82, 2.24) is 19.5 Å². The number of aromatic nitrogens is 4. The number of rotatable bonds is 5. The Labute approximate surface area is 167 Å². The van der Waals surface area contributed by atoms with Crippen LogP contribution in [0.2, 0.25) is 0 Å². The highest BCUT2D eigenvalue weighted by Gasteiger charge is 2.21. The smallest absolute Gasteiger partial charge is 0.237 e. The van der Waals surface area contributed by atoms with E-state index in [2.05, 4.69) is 40.6 Å². The first-order chi connectivity index (χ1) is 13.8. The third kappa shape index (κ3) is 3.06. The van der Waals surface area contributed by atoms with Crippen LogP contribution in [0.15, 0.2) is 41.9 Å². The summed E-state index contributed by atoms with van der Waals surface area (Å²) in [6, 6.07) is 12.5. The topological polar surface area (TPSA) is 81.6 Å². The maximum atomic E-state index is 6.01. The number of benzene rings is 1. The highest BCUT2D eigenvalue weighted by atomic mass is 32.1. The molecule has 1 aromatic carbocycles. The summed E-state index contributed by atoms with van der Waals surface area (Å²) in [4.78, 5) is 14.4. The summed E-state index contributed by atoms with van der Waals surface area (Å²) in [5, 5.41) is 3.56. The van der Waals surface area contributed by atoms with E-state index in [0.717, 1.165) is 46.9 Å². The quantitative estimate of drug-likeness (QED) is 0.541. The van der Waals surface area contributed by atoms with Crippen molar-refractivity contribution in [2.24, 2.45) is 5.73 Å². The maximum Gasteiger partial charge on any atom is 0.237 e. The monoisotopic (exact) mass is 390 g/mol. The molecule has 0 atom stereocenters. The Morgan fingerprint density at radius 2 is 1.96 bits per heavy atom. The van der Waals surface area contributed by atoms with Gasteiger partial charge in [-0.25, -0.2) is 9.97 Å². The van der Waals surface area contributed by atoms with Gasteiger partial charge in [0.15, 0.2) is 5.65 Å². The molecule has 28 heavy (non-hydrogen) atoms. The normalized spacial score (nSPS) is 13.6. The number of fused-ring (bicyclic) bond motifs is 2. The molecular weight excluding hydrogens is 368 g/mol. The summed E-state index contributed by atoms with van der Waals surface area (Å²) >= 11 is 1.61. The van der Waals surface area contributed by atoms with Crippen LogP contribution in [0.4, 0.5) is 5.82 Å². The second-order valence-corrected chi connectivity index (χ2v) is 7.95. The minimum Gasteiger partial charge on any atom is -0.366 e. The zero-order valence-electron chi connectivity index (χ0n) is 15.6. The van der Waals surface area contributed by atoms with E-state index in [0.29, 0.717) is 12.5 Å². The zero-order chi connectivity index (χ0) is 18.9. The second-order valence-electron chi connectivity index (χ2n) is 7.06. The van der Waals surface area contributed by atoms with Gasteiger partial charge in [-0.05, 0) is 37.3 Å². The number of aryl methyl sites for hydroxylation is 1. The number of nitrogens with two attached hydrogens (primary N) is 1. The SMILES string of the molecule is NCc1cc2scnc2n1-c1nc2c(c(NCc3ccccc3)n1)CCCC2. The third-order valence-corrected chi connectivity index (χ3v) is 6.02. The Morgan fingerprint density at radius 3 is 2.82 bits per heavy atom. The first-order valence-corrected chi connectivity index (χ1v) is 10.5. The predicted molar refractivity (Wildman–Crippen MR) is 113 cm³/mol. The highest BCUT2D eigenvalue weighted by molar-refractivity contribution is 7.16. The van der Waals surface area contributed by atoms with Crippen LogP contribution < -0.4 is 11.1 Å². The van der Waals surface area contributed by atoms with Gasteiger partial charge in [0.25, 0.3) is 0 Å². The van der Waals surface area contributed by atoms with Crippen molar-refractivity contribution >= 4 is 27.5 Å². The van der Waals surface area contributed by atoms with Gasteiger partial charge < -0.3 is 11.1 Å².